The van der Waals surface area contributed by atoms with Gasteiger partial charge in [0.2, 0.25) is 6.79 Å². The molecule has 1 aliphatic heterocycles. The third-order valence-electron chi connectivity index (χ3n) is 6.46. The van der Waals surface area contributed by atoms with E-state index in [2.05, 4.69) is 88.4 Å². The molecule has 0 bridgehead atoms. The van der Waals surface area contributed by atoms with Crippen molar-refractivity contribution in [3.8, 4) is 22.6 Å². The van der Waals surface area contributed by atoms with Crippen LogP contribution in [0, 0.1) is 0 Å². The number of hydrogen-bond donors (Lipinski definition) is 2. The zero-order valence-corrected chi connectivity index (χ0v) is 19.5. The minimum atomic E-state index is 0.312. The molecular weight excluding hydrogens is 434 g/mol. The molecule has 2 N–H and O–H groups in total. The summed E-state index contributed by atoms with van der Waals surface area (Å²) in [5.41, 5.74) is 5.74. The van der Waals surface area contributed by atoms with Crippen molar-refractivity contribution in [3.63, 3.8) is 0 Å². The number of rotatable bonds is 8. The van der Waals surface area contributed by atoms with Crippen molar-refractivity contribution in [2.24, 2.45) is 0 Å². The van der Waals surface area contributed by atoms with Crippen LogP contribution in [-0.2, 0) is 6.54 Å². The zero-order valence-electron chi connectivity index (χ0n) is 19.5. The Morgan fingerprint density at radius 3 is 2.69 bits per heavy atom. The normalized spacial score (nSPS) is 12.3. The molecule has 0 aliphatic carbocycles. The first-order valence-electron chi connectivity index (χ1n) is 12.1. The third kappa shape index (κ3) is 4.51. The highest BCUT2D eigenvalue weighted by Crippen LogP contribution is 2.33. The van der Waals surface area contributed by atoms with Gasteiger partial charge in [-0.25, -0.2) is 0 Å². The second-order valence-corrected chi connectivity index (χ2v) is 8.76. The Morgan fingerprint density at radius 1 is 0.771 bits per heavy atom. The summed E-state index contributed by atoms with van der Waals surface area (Å²) < 4.78 is 10.8. The van der Waals surface area contributed by atoms with Crippen LogP contribution in [0.25, 0.3) is 32.8 Å². The van der Waals surface area contributed by atoms with Crippen molar-refractivity contribution in [2.75, 3.05) is 25.2 Å². The number of aromatic nitrogens is 1. The first kappa shape index (κ1) is 21.4. The van der Waals surface area contributed by atoms with Gasteiger partial charge in [-0.2, -0.15) is 0 Å². The Kier molecular flexibility index (Phi) is 5.91. The summed E-state index contributed by atoms with van der Waals surface area (Å²) in [5.74, 6) is 1.66. The fourth-order valence-electron chi connectivity index (χ4n) is 4.67. The molecule has 5 aromatic rings. The second-order valence-electron chi connectivity index (χ2n) is 8.76. The molecule has 0 fully saturated rings. The van der Waals surface area contributed by atoms with Crippen molar-refractivity contribution in [1.29, 1.82) is 0 Å². The summed E-state index contributed by atoms with van der Waals surface area (Å²) in [7, 11) is 0. The van der Waals surface area contributed by atoms with Gasteiger partial charge in [0, 0.05) is 30.4 Å². The predicted octanol–water partition coefficient (Wildman–Crippen LogP) is 6.38. The molecule has 1 aliphatic rings. The lowest BCUT2D eigenvalue weighted by molar-refractivity contribution is 0.174. The number of fused-ring (bicyclic) bond motifs is 3. The Balaban J connectivity index is 1.08. The lowest BCUT2D eigenvalue weighted by Gasteiger charge is -2.12. The van der Waals surface area contributed by atoms with Crippen molar-refractivity contribution < 1.29 is 9.47 Å². The van der Waals surface area contributed by atoms with Crippen LogP contribution < -0.4 is 20.1 Å². The Bertz CT molecular complexity index is 1490. The van der Waals surface area contributed by atoms with E-state index in [1.807, 2.05) is 18.3 Å². The lowest BCUT2D eigenvalue weighted by atomic mass is 9.97. The maximum Gasteiger partial charge on any atom is 0.231 e. The largest absolute Gasteiger partial charge is 0.454 e. The fourth-order valence-corrected chi connectivity index (χ4v) is 4.67. The van der Waals surface area contributed by atoms with E-state index >= 15 is 0 Å². The molecule has 0 unspecified atom stereocenters. The third-order valence-corrected chi connectivity index (χ3v) is 6.46. The summed E-state index contributed by atoms with van der Waals surface area (Å²) in [5, 5.41) is 10.8. The Morgan fingerprint density at radius 2 is 1.69 bits per heavy atom. The number of nitrogens with one attached hydrogen (secondary N) is 2. The Labute approximate surface area is 204 Å². The van der Waals surface area contributed by atoms with Crippen LogP contribution in [0.1, 0.15) is 12.0 Å². The molecule has 0 saturated carbocycles. The maximum atomic E-state index is 5.45. The molecule has 0 amide bonds. The van der Waals surface area contributed by atoms with Crippen molar-refractivity contribution in [3.05, 3.63) is 96.7 Å². The van der Waals surface area contributed by atoms with Crippen LogP contribution in [0.15, 0.2) is 91.1 Å². The molecule has 0 saturated heterocycles. The summed E-state index contributed by atoms with van der Waals surface area (Å²) in [6.07, 6.45) is 2.90. The van der Waals surface area contributed by atoms with Crippen molar-refractivity contribution >= 4 is 27.4 Å². The SMILES string of the molecule is c1ccc2c(-c3ccc4c(NCCCNCc5ccc6c(c5)OCO6)ccnc4c3)cccc2c1. The quantitative estimate of drug-likeness (QED) is 0.263. The first-order chi connectivity index (χ1) is 17.3. The first-order valence-corrected chi connectivity index (χ1v) is 12.1. The minimum absolute atomic E-state index is 0.312. The maximum absolute atomic E-state index is 5.45. The lowest BCUT2D eigenvalue weighted by Crippen LogP contribution is -2.17. The van der Waals surface area contributed by atoms with Gasteiger partial charge in [-0.3, -0.25) is 4.98 Å². The molecule has 6 rings (SSSR count). The van der Waals surface area contributed by atoms with Crippen molar-refractivity contribution in [2.45, 2.75) is 13.0 Å². The van der Waals surface area contributed by atoms with E-state index in [1.54, 1.807) is 0 Å². The molecule has 4 aromatic carbocycles. The van der Waals surface area contributed by atoms with E-state index in [0.717, 1.165) is 54.1 Å². The minimum Gasteiger partial charge on any atom is -0.454 e. The van der Waals surface area contributed by atoms with Crippen molar-refractivity contribution in [1.82, 2.24) is 10.3 Å². The predicted molar refractivity (Wildman–Crippen MR) is 142 cm³/mol. The summed E-state index contributed by atoms with van der Waals surface area (Å²) in [4.78, 5) is 4.65. The van der Waals surface area contributed by atoms with E-state index in [0.29, 0.717) is 6.79 Å². The summed E-state index contributed by atoms with van der Waals surface area (Å²) in [6.45, 7) is 2.94. The van der Waals surface area contributed by atoms with Crippen LogP contribution in [0.3, 0.4) is 0 Å². The molecule has 0 spiro atoms. The topological polar surface area (TPSA) is 55.4 Å². The summed E-state index contributed by atoms with van der Waals surface area (Å²) >= 11 is 0. The van der Waals surface area contributed by atoms with Gasteiger partial charge >= 0.3 is 0 Å². The van der Waals surface area contributed by atoms with Gasteiger partial charge in [0.1, 0.15) is 0 Å². The van der Waals surface area contributed by atoms with Gasteiger partial charge in [-0.15, -0.1) is 0 Å². The monoisotopic (exact) mass is 461 g/mol. The van der Waals surface area contributed by atoms with Crippen LogP contribution in [0.5, 0.6) is 11.5 Å². The molecule has 5 nitrogen and oxygen atoms in total. The van der Waals surface area contributed by atoms with Crippen LogP contribution in [0.2, 0.25) is 0 Å². The van der Waals surface area contributed by atoms with Gasteiger partial charge in [-0.1, -0.05) is 60.7 Å². The zero-order chi connectivity index (χ0) is 23.5. The Hall–Kier alpha value is -4.09. The molecular formula is C30H27N3O2. The van der Waals surface area contributed by atoms with E-state index in [1.165, 1.54) is 27.5 Å². The molecule has 1 aromatic heterocycles. The molecule has 35 heavy (non-hydrogen) atoms. The second kappa shape index (κ2) is 9.65. The smallest absolute Gasteiger partial charge is 0.231 e. The molecule has 5 heteroatoms. The molecule has 0 radical (unpaired) electrons. The highest BCUT2D eigenvalue weighted by atomic mass is 16.7. The number of anilines is 1. The van der Waals surface area contributed by atoms with E-state index in [9.17, 15) is 0 Å². The average molecular weight is 462 g/mol. The number of ether oxygens (including phenoxy) is 2. The highest BCUT2D eigenvalue weighted by Gasteiger charge is 2.13. The number of nitrogens with zero attached hydrogens (tertiary/aromatic N) is 1. The van der Waals surface area contributed by atoms with Crippen LogP contribution >= 0.6 is 0 Å². The van der Waals surface area contributed by atoms with Crippen LogP contribution in [0.4, 0.5) is 5.69 Å². The van der Waals surface area contributed by atoms with Gasteiger partial charge < -0.3 is 20.1 Å². The van der Waals surface area contributed by atoms with E-state index in [-0.39, 0.29) is 0 Å². The number of pyridine rings is 1. The van der Waals surface area contributed by atoms with Gasteiger partial charge in [0.15, 0.2) is 11.5 Å². The van der Waals surface area contributed by atoms with E-state index in [4.69, 9.17) is 9.47 Å². The highest BCUT2D eigenvalue weighted by molar-refractivity contribution is 6.00. The summed E-state index contributed by atoms with van der Waals surface area (Å²) in [6, 6.07) is 29.7. The van der Waals surface area contributed by atoms with Crippen LogP contribution in [-0.4, -0.2) is 24.9 Å². The molecule has 0 atom stereocenters. The standard InChI is InChI=1S/C30H27N3O2/c1-2-7-24-22(5-1)6-3-8-25(24)23-10-11-26-27(13-16-33-28(26)18-23)32-15-4-14-31-19-21-9-12-29-30(17-21)35-20-34-29/h1-3,5-13,16-18,31H,4,14-15,19-20H2,(H,32,33). The molecule has 2 heterocycles. The fraction of sp³-hybridized carbons (Fsp3) is 0.167. The molecule has 174 valence electrons. The average Bonchev–Trinajstić information content (AvgIpc) is 3.38. The number of benzene rings is 4. The van der Waals surface area contributed by atoms with Gasteiger partial charge in [-0.05, 0) is 64.7 Å². The van der Waals surface area contributed by atoms with E-state index < -0.39 is 0 Å². The number of hydrogen-bond acceptors (Lipinski definition) is 5. The van der Waals surface area contributed by atoms with Gasteiger partial charge in [0.05, 0.1) is 5.52 Å². The van der Waals surface area contributed by atoms with Gasteiger partial charge in [0.25, 0.3) is 0 Å².